The lowest BCUT2D eigenvalue weighted by Crippen LogP contribution is -1.89. The topological polar surface area (TPSA) is 71.5 Å². The van der Waals surface area contributed by atoms with Crippen LogP contribution >= 0.6 is 0 Å². The number of benzene rings is 1. The lowest BCUT2D eigenvalue weighted by Gasteiger charge is -1.93. The molecule has 0 aliphatic rings. The number of allylic oxidation sites excluding steroid dienone is 1. The van der Waals surface area contributed by atoms with E-state index in [4.69, 9.17) is 0 Å². The minimum Gasteiger partial charge on any atom is -0.298 e. The standard InChI is InChI=1S/C10H8N4O/c15-7-9(10-11-13-14-12-10)6-8-4-2-1-3-5-8/h1-7H,(H,11,12,13,14). The summed E-state index contributed by atoms with van der Waals surface area (Å²) < 4.78 is 0. The molecule has 1 heterocycles. The van der Waals surface area contributed by atoms with Gasteiger partial charge in [-0.15, -0.1) is 10.2 Å². The maximum atomic E-state index is 10.8. The summed E-state index contributed by atoms with van der Waals surface area (Å²) in [5.41, 5.74) is 1.32. The van der Waals surface area contributed by atoms with Gasteiger partial charge in [0.25, 0.3) is 0 Å². The summed E-state index contributed by atoms with van der Waals surface area (Å²) in [7, 11) is 0. The van der Waals surface area contributed by atoms with Crippen molar-refractivity contribution in [2.75, 3.05) is 0 Å². The van der Waals surface area contributed by atoms with E-state index in [0.29, 0.717) is 17.7 Å². The first-order valence-electron chi connectivity index (χ1n) is 4.36. The van der Waals surface area contributed by atoms with E-state index in [9.17, 15) is 4.79 Å². The molecular formula is C10H8N4O. The van der Waals surface area contributed by atoms with Gasteiger partial charge >= 0.3 is 0 Å². The molecule has 0 aliphatic heterocycles. The summed E-state index contributed by atoms with van der Waals surface area (Å²) in [5.74, 6) is 0.300. The van der Waals surface area contributed by atoms with Crippen LogP contribution in [0.1, 0.15) is 11.4 Å². The average molecular weight is 200 g/mol. The Bertz CT molecular complexity index is 461. The minimum atomic E-state index is 0.300. The minimum absolute atomic E-state index is 0.300. The highest BCUT2D eigenvalue weighted by Gasteiger charge is 2.04. The van der Waals surface area contributed by atoms with E-state index >= 15 is 0 Å². The van der Waals surface area contributed by atoms with Gasteiger partial charge in [0.2, 0.25) is 5.82 Å². The monoisotopic (exact) mass is 200 g/mol. The number of nitrogens with one attached hydrogen (secondary N) is 1. The number of H-pyrrole nitrogens is 1. The van der Waals surface area contributed by atoms with Crippen LogP contribution < -0.4 is 0 Å². The Morgan fingerprint density at radius 2 is 2.07 bits per heavy atom. The Morgan fingerprint density at radius 3 is 2.67 bits per heavy atom. The lowest BCUT2D eigenvalue weighted by molar-refractivity contribution is -0.103. The number of carbonyl (C=O) groups is 1. The Balaban J connectivity index is 2.36. The molecule has 1 aromatic heterocycles. The summed E-state index contributed by atoms with van der Waals surface area (Å²) in [4.78, 5) is 10.8. The van der Waals surface area contributed by atoms with Gasteiger partial charge in [0.1, 0.15) is 0 Å². The molecule has 2 rings (SSSR count). The fourth-order valence-corrected chi connectivity index (χ4v) is 1.16. The molecule has 0 amide bonds. The molecule has 0 atom stereocenters. The molecule has 0 fully saturated rings. The number of aromatic nitrogens is 4. The molecule has 2 aromatic rings. The van der Waals surface area contributed by atoms with Gasteiger partial charge in [-0.3, -0.25) is 4.79 Å². The second-order valence-electron chi connectivity index (χ2n) is 2.86. The molecule has 0 aliphatic carbocycles. The molecule has 5 heteroatoms. The molecule has 0 radical (unpaired) electrons. The molecule has 0 saturated heterocycles. The number of carbonyl (C=O) groups excluding carboxylic acids is 1. The number of nitrogens with zero attached hydrogens (tertiary/aromatic N) is 3. The van der Waals surface area contributed by atoms with Crippen LogP contribution in [0.2, 0.25) is 0 Å². The van der Waals surface area contributed by atoms with Crippen LogP contribution in [0.5, 0.6) is 0 Å². The molecule has 1 aromatic carbocycles. The quantitative estimate of drug-likeness (QED) is 0.591. The molecule has 0 bridgehead atoms. The number of hydrogen-bond acceptors (Lipinski definition) is 4. The van der Waals surface area contributed by atoms with Crippen LogP contribution in [0.3, 0.4) is 0 Å². The summed E-state index contributed by atoms with van der Waals surface area (Å²) in [5, 5.41) is 13.2. The van der Waals surface area contributed by atoms with Crippen LogP contribution in [0.15, 0.2) is 30.3 Å². The SMILES string of the molecule is O=CC(=Cc1ccccc1)c1nn[nH]n1. The molecule has 0 unspecified atom stereocenters. The summed E-state index contributed by atoms with van der Waals surface area (Å²) in [6, 6.07) is 9.48. The van der Waals surface area contributed by atoms with Crippen LogP contribution in [-0.4, -0.2) is 26.9 Å². The second kappa shape index (κ2) is 4.28. The fourth-order valence-electron chi connectivity index (χ4n) is 1.16. The Morgan fingerprint density at radius 1 is 1.27 bits per heavy atom. The largest absolute Gasteiger partial charge is 0.298 e. The van der Waals surface area contributed by atoms with Gasteiger partial charge in [-0.05, 0) is 16.9 Å². The zero-order valence-corrected chi connectivity index (χ0v) is 7.79. The van der Waals surface area contributed by atoms with Crippen molar-refractivity contribution >= 4 is 17.9 Å². The van der Waals surface area contributed by atoms with E-state index in [1.54, 1.807) is 6.08 Å². The fraction of sp³-hybridized carbons (Fsp3) is 0. The third-order valence-corrected chi connectivity index (χ3v) is 1.85. The first kappa shape index (κ1) is 9.26. The third-order valence-electron chi connectivity index (χ3n) is 1.85. The maximum Gasteiger partial charge on any atom is 0.207 e. The van der Waals surface area contributed by atoms with Crippen molar-refractivity contribution in [3.63, 3.8) is 0 Å². The van der Waals surface area contributed by atoms with Crippen LogP contribution in [0.25, 0.3) is 11.6 Å². The van der Waals surface area contributed by atoms with Gasteiger partial charge in [0, 0.05) is 0 Å². The van der Waals surface area contributed by atoms with Gasteiger partial charge in [-0.1, -0.05) is 30.3 Å². The van der Waals surface area contributed by atoms with Crippen molar-refractivity contribution in [1.29, 1.82) is 0 Å². The molecule has 0 saturated carbocycles. The number of aromatic amines is 1. The van der Waals surface area contributed by atoms with Crippen molar-refractivity contribution in [2.45, 2.75) is 0 Å². The van der Waals surface area contributed by atoms with Gasteiger partial charge in [-0.2, -0.15) is 5.21 Å². The van der Waals surface area contributed by atoms with E-state index in [-0.39, 0.29) is 0 Å². The average Bonchev–Trinajstić information content (AvgIpc) is 2.81. The molecule has 1 N–H and O–H groups in total. The third kappa shape index (κ3) is 2.14. The van der Waals surface area contributed by atoms with E-state index in [0.717, 1.165) is 5.56 Å². The van der Waals surface area contributed by atoms with Crippen molar-refractivity contribution in [3.8, 4) is 0 Å². The van der Waals surface area contributed by atoms with E-state index in [1.165, 1.54) is 0 Å². The lowest BCUT2D eigenvalue weighted by atomic mass is 10.1. The summed E-state index contributed by atoms with van der Waals surface area (Å²) in [6.07, 6.45) is 2.41. The van der Waals surface area contributed by atoms with Crippen molar-refractivity contribution < 1.29 is 4.79 Å². The normalized spacial score (nSPS) is 11.3. The molecule has 15 heavy (non-hydrogen) atoms. The predicted octanol–water partition coefficient (Wildman–Crippen LogP) is 0.939. The Kier molecular flexibility index (Phi) is 2.64. The number of tetrazole rings is 1. The van der Waals surface area contributed by atoms with E-state index in [1.807, 2.05) is 30.3 Å². The zero-order chi connectivity index (χ0) is 10.5. The first-order valence-corrected chi connectivity index (χ1v) is 4.36. The molecule has 5 nitrogen and oxygen atoms in total. The highest BCUT2D eigenvalue weighted by atomic mass is 16.1. The molecule has 0 spiro atoms. The second-order valence-corrected chi connectivity index (χ2v) is 2.86. The first-order chi connectivity index (χ1) is 7.40. The summed E-state index contributed by atoms with van der Waals surface area (Å²) in [6.45, 7) is 0. The Labute approximate surface area is 85.8 Å². The van der Waals surface area contributed by atoms with Crippen molar-refractivity contribution in [3.05, 3.63) is 41.7 Å². The van der Waals surface area contributed by atoms with Gasteiger partial charge < -0.3 is 0 Å². The number of aldehydes is 1. The highest BCUT2D eigenvalue weighted by Crippen LogP contribution is 2.10. The molecular weight excluding hydrogens is 192 g/mol. The smallest absolute Gasteiger partial charge is 0.207 e. The Hall–Kier alpha value is -2.30. The van der Waals surface area contributed by atoms with Crippen LogP contribution in [0, 0.1) is 0 Å². The van der Waals surface area contributed by atoms with Crippen LogP contribution in [0.4, 0.5) is 0 Å². The van der Waals surface area contributed by atoms with E-state index < -0.39 is 0 Å². The summed E-state index contributed by atoms with van der Waals surface area (Å²) >= 11 is 0. The number of hydrogen-bond donors (Lipinski definition) is 1. The molecule has 74 valence electrons. The van der Waals surface area contributed by atoms with Crippen molar-refractivity contribution in [2.24, 2.45) is 0 Å². The van der Waals surface area contributed by atoms with Gasteiger partial charge in [0.15, 0.2) is 6.29 Å². The maximum absolute atomic E-state index is 10.8. The van der Waals surface area contributed by atoms with Crippen molar-refractivity contribution in [1.82, 2.24) is 20.6 Å². The zero-order valence-electron chi connectivity index (χ0n) is 7.79. The van der Waals surface area contributed by atoms with E-state index in [2.05, 4.69) is 20.6 Å². The van der Waals surface area contributed by atoms with Crippen LogP contribution in [-0.2, 0) is 4.79 Å². The van der Waals surface area contributed by atoms with Gasteiger partial charge in [-0.25, -0.2) is 0 Å². The predicted molar refractivity (Wildman–Crippen MR) is 54.6 cm³/mol. The highest BCUT2D eigenvalue weighted by molar-refractivity contribution is 6.11. The van der Waals surface area contributed by atoms with Gasteiger partial charge in [0.05, 0.1) is 5.57 Å². The number of rotatable bonds is 3.